The van der Waals surface area contributed by atoms with Crippen molar-refractivity contribution in [2.45, 2.75) is 25.9 Å². The van der Waals surface area contributed by atoms with Gasteiger partial charge in [-0.3, -0.25) is 9.59 Å². The van der Waals surface area contributed by atoms with Crippen LogP contribution in [0.1, 0.15) is 19.8 Å². The molecule has 86 valence electrons. The van der Waals surface area contributed by atoms with Gasteiger partial charge in [0.2, 0.25) is 5.91 Å². The van der Waals surface area contributed by atoms with Gasteiger partial charge in [0.1, 0.15) is 6.29 Å². The van der Waals surface area contributed by atoms with E-state index in [1.165, 1.54) is 6.92 Å². The minimum absolute atomic E-state index is 0.0159. The number of thioether (sulfide) groups is 1. The summed E-state index contributed by atoms with van der Waals surface area (Å²) in [7, 11) is 0. The van der Waals surface area contributed by atoms with Gasteiger partial charge in [-0.15, -0.1) is 0 Å². The van der Waals surface area contributed by atoms with E-state index in [2.05, 4.69) is 5.32 Å². The van der Waals surface area contributed by atoms with Crippen molar-refractivity contribution in [3.05, 3.63) is 0 Å². The fraction of sp³-hybridized carbons (Fsp3) is 0.667. The Balaban J connectivity index is 3.48. The van der Waals surface area contributed by atoms with E-state index < -0.39 is 6.10 Å². The Morgan fingerprint density at radius 3 is 2.73 bits per heavy atom. The van der Waals surface area contributed by atoms with Crippen molar-refractivity contribution >= 4 is 29.1 Å². The summed E-state index contributed by atoms with van der Waals surface area (Å²) in [4.78, 5) is 31.6. The summed E-state index contributed by atoms with van der Waals surface area (Å²) in [6.45, 7) is 1.83. The highest BCUT2D eigenvalue weighted by molar-refractivity contribution is 8.13. The maximum Gasteiger partial charge on any atom is 0.216 e. The molecule has 0 aromatic rings. The predicted molar refractivity (Wildman–Crippen MR) is 57.5 cm³/mol. The zero-order valence-electron chi connectivity index (χ0n) is 8.56. The molecule has 1 atom stereocenters. The molecule has 0 rings (SSSR count). The number of nitrogens with one attached hydrogen (secondary N) is 1. The van der Waals surface area contributed by atoms with Gasteiger partial charge in [0.25, 0.3) is 0 Å². The summed E-state index contributed by atoms with van der Waals surface area (Å²) in [5.41, 5.74) is 0. The molecule has 0 spiro atoms. The Kier molecular flexibility index (Phi) is 7.94. The molecule has 0 radical (unpaired) electrons. The summed E-state index contributed by atoms with van der Waals surface area (Å²) in [6, 6.07) is 0. The molecule has 5 nitrogen and oxygen atoms in total. The van der Waals surface area contributed by atoms with Crippen LogP contribution >= 0.6 is 11.8 Å². The third kappa shape index (κ3) is 9.42. The van der Waals surface area contributed by atoms with Crippen molar-refractivity contribution in [1.29, 1.82) is 0 Å². The van der Waals surface area contributed by atoms with Crippen LogP contribution < -0.4 is 5.32 Å². The van der Waals surface area contributed by atoms with Crippen LogP contribution in [0.5, 0.6) is 0 Å². The van der Waals surface area contributed by atoms with Gasteiger partial charge in [0.15, 0.2) is 5.12 Å². The summed E-state index contributed by atoms with van der Waals surface area (Å²) in [5, 5.41) is 11.5. The van der Waals surface area contributed by atoms with Crippen LogP contribution in [0.3, 0.4) is 0 Å². The molecule has 0 unspecified atom stereocenters. The lowest BCUT2D eigenvalue weighted by Gasteiger charge is -2.05. The standard InChI is InChI=1S/C9H15NO4S/c1-7(12)10-3-5-15-9(14)6-8(13)2-4-11/h4,8,13H,2-3,5-6H2,1H3,(H,10,12)/t8-/m1/s1. The first-order chi connectivity index (χ1) is 7.06. The van der Waals surface area contributed by atoms with E-state index in [0.29, 0.717) is 18.6 Å². The van der Waals surface area contributed by atoms with Crippen molar-refractivity contribution in [2.75, 3.05) is 12.3 Å². The molecule has 15 heavy (non-hydrogen) atoms. The summed E-state index contributed by atoms with van der Waals surface area (Å²) >= 11 is 1.04. The highest BCUT2D eigenvalue weighted by atomic mass is 32.2. The van der Waals surface area contributed by atoms with Gasteiger partial charge < -0.3 is 15.2 Å². The number of hydrogen-bond acceptors (Lipinski definition) is 5. The van der Waals surface area contributed by atoms with E-state index in [4.69, 9.17) is 5.11 Å². The van der Waals surface area contributed by atoms with Gasteiger partial charge in [0, 0.05) is 32.1 Å². The summed E-state index contributed by atoms with van der Waals surface area (Å²) < 4.78 is 0. The SMILES string of the molecule is CC(=O)NCCSC(=O)C[C@H](O)CC=O. The highest BCUT2D eigenvalue weighted by Crippen LogP contribution is 2.08. The van der Waals surface area contributed by atoms with Crippen LogP contribution in [0, 0.1) is 0 Å². The number of aliphatic hydroxyl groups is 1. The molecule has 0 aliphatic carbocycles. The number of rotatable bonds is 7. The topological polar surface area (TPSA) is 83.5 Å². The van der Waals surface area contributed by atoms with Crippen LogP contribution in [0.2, 0.25) is 0 Å². The number of aldehydes is 1. The quantitative estimate of drug-likeness (QED) is 0.467. The van der Waals surface area contributed by atoms with E-state index in [-0.39, 0.29) is 23.9 Å². The second-order valence-corrected chi connectivity index (χ2v) is 4.12. The van der Waals surface area contributed by atoms with E-state index in [1.54, 1.807) is 0 Å². The van der Waals surface area contributed by atoms with Gasteiger partial charge in [-0.05, 0) is 0 Å². The third-order valence-electron chi connectivity index (χ3n) is 1.51. The molecule has 0 heterocycles. The largest absolute Gasteiger partial charge is 0.392 e. The van der Waals surface area contributed by atoms with Gasteiger partial charge >= 0.3 is 0 Å². The molecule has 1 amide bonds. The van der Waals surface area contributed by atoms with Crippen LogP contribution in [-0.4, -0.2) is 40.8 Å². The number of amides is 1. The van der Waals surface area contributed by atoms with E-state index >= 15 is 0 Å². The fourth-order valence-corrected chi connectivity index (χ4v) is 1.58. The van der Waals surface area contributed by atoms with Crippen molar-refractivity contribution < 1.29 is 19.5 Å². The van der Waals surface area contributed by atoms with Crippen LogP contribution in [0.15, 0.2) is 0 Å². The second-order valence-electron chi connectivity index (χ2n) is 2.96. The first-order valence-corrected chi connectivity index (χ1v) is 5.56. The van der Waals surface area contributed by atoms with Crippen molar-refractivity contribution in [3.63, 3.8) is 0 Å². The molecule has 0 aromatic heterocycles. The zero-order valence-corrected chi connectivity index (χ0v) is 9.38. The molecule has 0 aromatic carbocycles. The Hall–Kier alpha value is -0.880. The average molecular weight is 233 g/mol. The molecule has 0 aliphatic rings. The molecule has 6 heteroatoms. The third-order valence-corrected chi connectivity index (χ3v) is 2.41. The van der Waals surface area contributed by atoms with Gasteiger partial charge in [0.05, 0.1) is 6.10 Å². The second kappa shape index (κ2) is 8.43. The molecule has 0 fully saturated rings. The first kappa shape index (κ1) is 14.1. The Morgan fingerprint density at radius 2 is 2.20 bits per heavy atom. The minimum atomic E-state index is -0.886. The summed E-state index contributed by atoms with van der Waals surface area (Å²) in [5.74, 6) is 0.343. The van der Waals surface area contributed by atoms with Gasteiger partial charge in [-0.2, -0.15) is 0 Å². The number of aliphatic hydroxyl groups excluding tert-OH is 1. The van der Waals surface area contributed by atoms with Crippen molar-refractivity contribution in [2.24, 2.45) is 0 Å². The van der Waals surface area contributed by atoms with E-state index in [0.717, 1.165) is 11.8 Å². The lowest BCUT2D eigenvalue weighted by atomic mass is 10.2. The van der Waals surface area contributed by atoms with Crippen LogP contribution in [0.4, 0.5) is 0 Å². The number of carbonyl (C=O) groups excluding carboxylic acids is 3. The Bertz CT molecular complexity index is 232. The molecule has 0 saturated carbocycles. The lowest BCUT2D eigenvalue weighted by molar-refractivity contribution is -0.119. The normalized spacial score (nSPS) is 11.9. The Labute approximate surface area is 92.6 Å². The van der Waals surface area contributed by atoms with Crippen molar-refractivity contribution in [1.82, 2.24) is 5.32 Å². The fourth-order valence-electron chi connectivity index (χ4n) is 0.838. The molecule has 0 saturated heterocycles. The monoisotopic (exact) mass is 233 g/mol. The zero-order chi connectivity index (χ0) is 11.7. The minimum Gasteiger partial charge on any atom is -0.392 e. The van der Waals surface area contributed by atoms with Crippen LogP contribution in [0.25, 0.3) is 0 Å². The average Bonchev–Trinajstić information content (AvgIpc) is 2.12. The van der Waals surface area contributed by atoms with Gasteiger partial charge in [-0.25, -0.2) is 0 Å². The molecular formula is C9H15NO4S. The summed E-state index contributed by atoms with van der Waals surface area (Å²) in [6.07, 6.45) is -0.343. The number of hydrogen-bond donors (Lipinski definition) is 2. The molecule has 0 bridgehead atoms. The van der Waals surface area contributed by atoms with E-state index in [9.17, 15) is 14.4 Å². The predicted octanol–water partition coefficient (Wildman–Crippen LogP) is -0.278. The number of carbonyl (C=O) groups is 3. The Morgan fingerprint density at radius 1 is 1.53 bits per heavy atom. The lowest BCUT2D eigenvalue weighted by Crippen LogP contribution is -2.23. The molecule has 0 aliphatic heterocycles. The maximum atomic E-state index is 11.1. The molecular weight excluding hydrogens is 218 g/mol. The smallest absolute Gasteiger partial charge is 0.216 e. The van der Waals surface area contributed by atoms with Gasteiger partial charge in [-0.1, -0.05) is 11.8 Å². The van der Waals surface area contributed by atoms with E-state index in [1.807, 2.05) is 0 Å². The maximum absolute atomic E-state index is 11.1. The van der Waals surface area contributed by atoms with Crippen molar-refractivity contribution in [3.8, 4) is 0 Å². The van der Waals surface area contributed by atoms with Crippen LogP contribution in [-0.2, 0) is 14.4 Å². The first-order valence-electron chi connectivity index (χ1n) is 4.58. The molecule has 2 N–H and O–H groups in total. The highest BCUT2D eigenvalue weighted by Gasteiger charge is 2.10.